The maximum absolute atomic E-state index is 9.44. The summed E-state index contributed by atoms with van der Waals surface area (Å²) < 4.78 is 15.9. The monoisotopic (exact) mass is 266 g/mol. The minimum atomic E-state index is -0.429. The van der Waals surface area contributed by atoms with Gasteiger partial charge in [0.1, 0.15) is 0 Å². The maximum Gasteiger partial charge on any atom is 0.203 e. The highest BCUT2D eigenvalue weighted by Crippen LogP contribution is 2.38. The van der Waals surface area contributed by atoms with Gasteiger partial charge in [0.25, 0.3) is 0 Å². The Balaban J connectivity index is 3.06. The van der Waals surface area contributed by atoms with Crippen LogP contribution in [0.15, 0.2) is 23.8 Å². The van der Waals surface area contributed by atoms with Gasteiger partial charge in [0.05, 0.1) is 27.4 Å². The van der Waals surface area contributed by atoms with Crippen molar-refractivity contribution in [3.63, 3.8) is 0 Å². The van der Waals surface area contributed by atoms with Gasteiger partial charge < -0.3 is 19.3 Å². The molecule has 0 spiro atoms. The molecule has 1 atom stereocenters. The van der Waals surface area contributed by atoms with Gasteiger partial charge in [-0.1, -0.05) is 6.08 Å². The van der Waals surface area contributed by atoms with Crippen LogP contribution in [0.1, 0.15) is 19.4 Å². The standard InChI is InChI=1S/C15H22O4/c1-10(11(2)16)6-7-12-8-13(17-3)15(19-5)14(9-12)18-4/h6,8-9,11,16H,7H2,1-5H3/b10-6+. The molecule has 106 valence electrons. The van der Waals surface area contributed by atoms with Crippen molar-refractivity contribution in [3.05, 3.63) is 29.3 Å². The number of hydrogen-bond acceptors (Lipinski definition) is 4. The largest absolute Gasteiger partial charge is 0.493 e. The van der Waals surface area contributed by atoms with Gasteiger partial charge in [-0.3, -0.25) is 0 Å². The van der Waals surface area contributed by atoms with Crippen LogP contribution in [-0.2, 0) is 6.42 Å². The maximum atomic E-state index is 9.44. The van der Waals surface area contributed by atoms with Crippen molar-refractivity contribution in [1.29, 1.82) is 0 Å². The molecule has 0 aromatic heterocycles. The zero-order valence-corrected chi connectivity index (χ0v) is 12.2. The minimum Gasteiger partial charge on any atom is -0.493 e. The lowest BCUT2D eigenvalue weighted by Gasteiger charge is -2.13. The second kappa shape index (κ2) is 7.04. The molecule has 0 saturated heterocycles. The van der Waals surface area contributed by atoms with E-state index in [1.165, 1.54) is 0 Å². The van der Waals surface area contributed by atoms with Gasteiger partial charge in [-0.2, -0.15) is 0 Å². The molecule has 19 heavy (non-hydrogen) atoms. The van der Waals surface area contributed by atoms with E-state index in [0.29, 0.717) is 23.7 Å². The fourth-order valence-electron chi connectivity index (χ4n) is 1.70. The van der Waals surface area contributed by atoms with E-state index in [1.54, 1.807) is 28.3 Å². The summed E-state index contributed by atoms with van der Waals surface area (Å²) in [6, 6.07) is 3.82. The molecule has 0 aliphatic carbocycles. The van der Waals surface area contributed by atoms with E-state index in [4.69, 9.17) is 14.2 Å². The Kier molecular flexibility index (Phi) is 5.70. The smallest absolute Gasteiger partial charge is 0.203 e. The van der Waals surface area contributed by atoms with Crippen molar-refractivity contribution in [2.75, 3.05) is 21.3 Å². The Bertz CT molecular complexity index is 424. The first-order valence-electron chi connectivity index (χ1n) is 6.17. The van der Waals surface area contributed by atoms with Crippen molar-refractivity contribution in [2.24, 2.45) is 0 Å². The van der Waals surface area contributed by atoms with Crippen LogP contribution in [0.5, 0.6) is 17.2 Å². The molecule has 0 saturated carbocycles. The van der Waals surface area contributed by atoms with Crippen LogP contribution in [0.3, 0.4) is 0 Å². The summed E-state index contributed by atoms with van der Waals surface area (Å²) in [5.74, 6) is 1.87. The Morgan fingerprint density at radius 2 is 1.68 bits per heavy atom. The average molecular weight is 266 g/mol. The molecule has 0 heterocycles. The van der Waals surface area contributed by atoms with Gasteiger partial charge in [-0.05, 0) is 43.5 Å². The highest BCUT2D eigenvalue weighted by molar-refractivity contribution is 5.54. The Labute approximate surface area is 114 Å². The number of aliphatic hydroxyl groups excluding tert-OH is 1. The summed E-state index contributed by atoms with van der Waals surface area (Å²) in [4.78, 5) is 0. The SMILES string of the molecule is COc1cc(C/C=C(\C)C(C)O)cc(OC)c1OC. The molecular weight excluding hydrogens is 244 g/mol. The van der Waals surface area contributed by atoms with Gasteiger partial charge >= 0.3 is 0 Å². The molecule has 0 radical (unpaired) electrons. The van der Waals surface area contributed by atoms with Crippen LogP contribution in [0.2, 0.25) is 0 Å². The summed E-state index contributed by atoms with van der Waals surface area (Å²) in [5.41, 5.74) is 1.98. The lowest BCUT2D eigenvalue weighted by Crippen LogP contribution is -2.01. The first-order chi connectivity index (χ1) is 9.03. The Morgan fingerprint density at radius 1 is 1.16 bits per heavy atom. The predicted octanol–water partition coefficient (Wildman–Crippen LogP) is 2.58. The molecular formula is C15H22O4. The summed E-state index contributed by atoms with van der Waals surface area (Å²) in [7, 11) is 4.77. The summed E-state index contributed by atoms with van der Waals surface area (Å²) in [6.45, 7) is 3.66. The van der Waals surface area contributed by atoms with Crippen LogP contribution >= 0.6 is 0 Å². The second-order valence-electron chi connectivity index (χ2n) is 4.36. The number of allylic oxidation sites excluding steroid dienone is 1. The highest BCUT2D eigenvalue weighted by Gasteiger charge is 2.12. The van der Waals surface area contributed by atoms with E-state index < -0.39 is 6.10 Å². The van der Waals surface area contributed by atoms with Crippen molar-refractivity contribution < 1.29 is 19.3 Å². The number of aliphatic hydroxyl groups is 1. The van der Waals surface area contributed by atoms with E-state index in [1.807, 2.05) is 25.1 Å². The third-order valence-electron chi connectivity index (χ3n) is 3.04. The van der Waals surface area contributed by atoms with Crippen molar-refractivity contribution in [1.82, 2.24) is 0 Å². The fourth-order valence-corrected chi connectivity index (χ4v) is 1.70. The number of benzene rings is 1. The van der Waals surface area contributed by atoms with Crippen LogP contribution in [0.4, 0.5) is 0 Å². The normalized spacial score (nSPS) is 13.1. The van der Waals surface area contributed by atoms with Crippen molar-refractivity contribution >= 4 is 0 Å². The number of methoxy groups -OCH3 is 3. The van der Waals surface area contributed by atoms with Gasteiger partial charge in [-0.15, -0.1) is 0 Å². The summed E-state index contributed by atoms with van der Waals surface area (Å²) in [5, 5.41) is 9.44. The summed E-state index contributed by atoms with van der Waals surface area (Å²) >= 11 is 0. The lowest BCUT2D eigenvalue weighted by atomic mass is 10.1. The first kappa shape index (κ1) is 15.4. The fraction of sp³-hybridized carbons (Fsp3) is 0.467. The molecule has 0 fully saturated rings. The first-order valence-corrected chi connectivity index (χ1v) is 6.17. The van der Waals surface area contributed by atoms with Crippen molar-refractivity contribution in [3.8, 4) is 17.2 Å². The number of ether oxygens (including phenoxy) is 3. The van der Waals surface area contributed by atoms with Gasteiger partial charge in [0, 0.05) is 0 Å². The minimum absolute atomic E-state index is 0.429. The zero-order valence-electron chi connectivity index (χ0n) is 12.2. The summed E-state index contributed by atoms with van der Waals surface area (Å²) in [6.07, 6.45) is 2.26. The molecule has 0 aliphatic rings. The Morgan fingerprint density at radius 3 is 2.05 bits per heavy atom. The van der Waals surface area contributed by atoms with E-state index >= 15 is 0 Å². The van der Waals surface area contributed by atoms with Crippen LogP contribution < -0.4 is 14.2 Å². The Hall–Kier alpha value is -1.68. The highest BCUT2D eigenvalue weighted by atomic mass is 16.5. The molecule has 0 bridgehead atoms. The average Bonchev–Trinajstić information content (AvgIpc) is 2.42. The molecule has 0 amide bonds. The molecule has 4 nitrogen and oxygen atoms in total. The molecule has 1 aromatic carbocycles. The van der Waals surface area contributed by atoms with Crippen LogP contribution in [-0.4, -0.2) is 32.5 Å². The topological polar surface area (TPSA) is 47.9 Å². The molecule has 1 N–H and O–H groups in total. The lowest BCUT2D eigenvalue weighted by molar-refractivity contribution is 0.231. The number of hydrogen-bond donors (Lipinski definition) is 1. The van der Waals surface area contributed by atoms with Crippen LogP contribution in [0, 0.1) is 0 Å². The van der Waals surface area contributed by atoms with E-state index in [-0.39, 0.29) is 0 Å². The number of rotatable bonds is 6. The predicted molar refractivity (Wildman–Crippen MR) is 75.2 cm³/mol. The van der Waals surface area contributed by atoms with Gasteiger partial charge in [0.2, 0.25) is 5.75 Å². The van der Waals surface area contributed by atoms with Gasteiger partial charge in [-0.25, -0.2) is 0 Å². The quantitative estimate of drug-likeness (QED) is 0.804. The molecule has 1 aromatic rings. The van der Waals surface area contributed by atoms with E-state index in [2.05, 4.69) is 0 Å². The van der Waals surface area contributed by atoms with Gasteiger partial charge in [0.15, 0.2) is 11.5 Å². The zero-order chi connectivity index (χ0) is 14.4. The second-order valence-corrected chi connectivity index (χ2v) is 4.36. The molecule has 4 heteroatoms. The molecule has 0 aliphatic heterocycles. The van der Waals surface area contributed by atoms with E-state index in [9.17, 15) is 5.11 Å². The third kappa shape index (κ3) is 3.89. The van der Waals surface area contributed by atoms with Crippen molar-refractivity contribution in [2.45, 2.75) is 26.4 Å². The van der Waals surface area contributed by atoms with E-state index in [0.717, 1.165) is 11.1 Å². The van der Waals surface area contributed by atoms with Crippen LogP contribution in [0.25, 0.3) is 0 Å². The molecule has 1 unspecified atom stereocenters. The third-order valence-corrected chi connectivity index (χ3v) is 3.04. The molecule has 1 rings (SSSR count).